The average molecular weight is 326 g/mol. The van der Waals surface area contributed by atoms with Crippen LogP contribution in [0.1, 0.15) is 36.8 Å². The Balaban J connectivity index is 1.64. The summed E-state index contributed by atoms with van der Waals surface area (Å²) in [4.78, 5) is 17.4. The van der Waals surface area contributed by atoms with Crippen LogP contribution in [0, 0.1) is 0 Å². The SMILES string of the molecule is O=C(C1=CC2(CCN(CCO)CC2)c2ccccc21)N1CCCC1. The molecule has 4 rings (SSSR count). The van der Waals surface area contributed by atoms with Gasteiger partial charge < -0.3 is 14.9 Å². The van der Waals surface area contributed by atoms with Gasteiger partial charge in [-0.3, -0.25) is 4.79 Å². The van der Waals surface area contributed by atoms with Crippen LogP contribution in [0.15, 0.2) is 30.3 Å². The molecule has 0 radical (unpaired) electrons. The molecule has 0 atom stereocenters. The van der Waals surface area contributed by atoms with Crippen molar-refractivity contribution in [2.75, 3.05) is 39.3 Å². The Morgan fingerprint density at radius 2 is 1.79 bits per heavy atom. The fourth-order valence-corrected chi connectivity index (χ4v) is 4.58. The van der Waals surface area contributed by atoms with Crippen molar-refractivity contribution in [3.05, 3.63) is 41.5 Å². The molecule has 24 heavy (non-hydrogen) atoms. The van der Waals surface area contributed by atoms with Crippen LogP contribution in [-0.4, -0.2) is 60.1 Å². The number of likely N-dealkylation sites (tertiary alicyclic amines) is 2. The third-order valence-corrected chi connectivity index (χ3v) is 5.96. The topological polar surface area (TPSA) is 43.8 Å². The first-order valence-electron chi connectivity index (χ1n) is 9.19. The van der Waals surface area contributed by atoms with Gasteiger partial charge in [-0.25, -0.2) is 0 Å². The number of rotatable bonds is 3. The average Bonchev–Trinajstić information content (AvgIpc) is 3.25. The van der Waals surface area contributed by atoms with Crippen LogP contribution in [0.4, 0.5) is 0 Å². The molecule has 0 unspecified atom stereocenters. The molecular weight excluding hydrogens is 300 g/mol. The highest BCUT2D eigenvalue weighted by molar-refractivity contribution is 6.21. The molecule has 1 spiro atoms. The summed E-state index contributed by atoms with van der Waals surface area (Å²) in [7, 11) is 0. The van der Waals surface area contributed by atoms with Crippen LogP contribution in [-0.2, 0) is 10.2 Å². The molecule has 1 N–H and O–H groups in total. The lowest BCUT2D eigenvalue weighted by atomic mass is 9.74. The summed E-state index contributed by atoms with van der Waals surface area (Å²) in [6, 6.07) is 8.46. The van der Waals surface area contributed by atoms with Gasteiger partial charge in [-0.15, -0.1) is 0 Å². The van der Waals surface area contributed by atoms with Crippen molar-refractivity contribution in [3.63, 3.8) is 0 Å². The molecule has 2 aliphatic heterocycles. The second kappa shape index (κ2) is 6.34. The summed E-state index contributed by atoms with van der Waals surface area (Å²) in [5.41, 5.74) is 3.40. The van der Waals surface area contributed by atoms with Crippen LogP contribution >= 0.6 is 0 Å². The van der Waals surface area contributed by atoms with E-state index in [1.165, 1.54) is 5.56 Å². The minimum Gasteiger partial charge on any atom is -0.395 e. The van der Waals surface area contributed by atoms with Gasteiger partial charge in [-0.1, -0.05) is 30.3 Å². The summed E-state index contributed by atoms with van der Waals surface area (Å²) in [5, 5.41) is 9.17. The molecule has 0 saturated carbocycles. The number of aliphatic hydroxyl groups excluding tert-OH is 1. The van der Waals surface area contributed by atoms with Crippen molar-refractivity contribution in [3.8, 4) is 0 Å². The van der Waals surface area contributed by atoms with Gasteiger partial charge in [-0.05, 0) is 49.9 Å². The summed E-state index contributed by atoms with van der Waals surface area (Å²) in [6.07, 6.45) is 6.58. The number of hydrogen-bond donors (Lipinski definition) is 1. The molecule has 0 bridgehead atoms. The van der Waals surface area contributed by atoms with Crippen molar-refractivity contribution >= 4 is 11.5 Å². The van der Waals surface area contributed by atoms with Crippen LogP contribution in [0.25, 0.3) is 5.57 Å². The number of hydrogen-bond acceptors (Lipinski definition) is 3. The first-order chi connectivity index (χ1) is 11.7. The quantitative estimate of drug-likeness (QED) is 0.924. The minimum atomic E-state index is 0.00721. The van der Waals surface area contributed by atoms with Crippen LogP contribution in [0.2, 0.25) is 0 Å². The molecule has 3 aliphatic rings. The first-order valence-corrected chi connectivity index (χ1v) is 9.19. The van der Waals surface area contributed by atoms with E-state index in [1.807, 2.05) is 11.0 Å². The zero-order chi connectivity index (χ0) is 16.6. The van der Waals surface area contributed by atoms with Crippen LogP contribution in [0.5, 0.6) is 0 Å². The molecule has 2 heterocycles. The normalized spacial score (nSPS) is 22.7. The van der Waals surface area contributed by atoms with E-state index in [-0.39, 0.29) is 17.9 Å². The fourth-order valence-electron chi connectivity index (χ4n) is 4.58. The summed E-state index contributed by atoms with van der Waals surface area (Å²) in [5.74, 6) is 0.217. The van der Waals surface area contributed by atoms with E-state index in [4.69, 9.17) is 5.11 Å². The number of piperidine rings is 1. The maximum atomic E-state index is 13.0. The fraction of sp³-hybridized carbons (Fsp3) is 0.550. The van der Waals surface area contributed by atoms with Gasteiger partial charge >= 0.3 is 0 Å². The highest BCUT2D eigenvalue weighted by Crippen LogP contribution is 2.47. The van der Waals surface area contributed by atoms with Gasteiger partial charge in [0, 0.05) is 30.6 Å². The zero-order valence-corrected chi connectivity index (χ0v) is 14.2. The Bertz CT molecular complexity index is 653. The number of β-amino-alcohol motifs (C(OH)–C–C–N with tert-alkyl or cyclic N) is 1. The maximum Gasteiger partial charge on any atom is 0.254 e. The van der Waals surface area contributed by atoms with E-state index >= 15 is 0 Å². The van der Waals surface area contributed by atoms with E-state index in [2.05, 4.69) is 29.2 Å². The third-order valence-electron chi connectivity index (χ3n) is 5.96. The number of carbonyl (C=O) groups is 1. The molecule has 128 valence electrons. The van der Waals surface area contributed by atoms with E-state index in [0.717, 1.165) is 69.5 Å². The molecule has 2 fully saturated rings. The lowest BCUT2D eigenvalue weighted by Crippen LogP contribution is -2.42. The second-order valence-electron chi connectivity index (χ2n) is 7.32. The predicted octanol–water partition coefficient (Wildman–Crippen LogP) is 2.03. The number of nitrogens with zero attached hydrogens (tertiary/aromatic N) is 2. The maximum absolute atomic E-state index is 13.0. The van der Waals surface area contributed by atoms with Crippen LogP contribution in [0.3, 0.4) is 0 Å². The lowest BCUT2D eigenvalue weighted by Gasteiger charge is -2.39. The molecule has 2 saturated heterocycles. The standard InChI is InChI=1S/C20H26N2O2/c23-14-13-21-11-7-20(8-12-21)15-17(16-5-1-2-6-18(16)20)19(24)22-9-3-4-10-22/h1-2,5-6,15,23H,3-4,7-14H2. The Labute approximate surface area is 143 Å². The van der Waals surface area contributed by atoms with Gasteiger partial charge in [0.05, 0.1) is 6.61 Å². The van der Waals surface area contributed by atoms with Crippen molar-refractivity contribution in [2.45, 2.75) is 31.1 Å². The number of carbonyl (C=O) groups excluding carboxylic acids is 1. The number of fused-ring (bicyclic) bond motifs is 2. The number of aliphatic hydroxyl groups is 1. The Hall–Kier alpha value is -1.65. The van der Waals surface area contributed by atoms with Gasteiger partial charge in [0.25, 0.3) is 5.91 Å². The van der Waals surface area contributed by atoms with E-state index in [9.17, 15) is 4.79 Å². The third kappa shape index (κ3) is 2.58. The largest absolute Gasteiger partial charge is 0.395 e. The highest BCUT2D eigenvalue weighted by atomic mass is 16.3. The molecule has 1 aromatic rings. The minimum absolute atomic E-state index is 0.00721. The summed E-state index contributed by atoms with van der Waals surface area (Å²) in [6.45, 7) is 4.73. The molecule has 1 amide bonds. The number of amides is 1. The van der Waals surface area contributed by atoms with Crippen molar-refractivity contribution in [1.82, 2.24) is 9.80 Å². The highest BCUT2D eigenvalue weighted by Gasteiger charge is 2.42. The Kier molecular flexibility index (Phi) is 4.19. The smallest absolute Gasteiger partial charge is 0.254 e. The van der Waals surface area contributed by atoms with E-state index in [0.29, 0.717) is 0 Å². The van der Waals surface area contributed by atoms with Crippen LogP contribution < -0.4 is 0 Å². The van der Waals surface area contributed by atoms with Crippen molar-refractivity contribution in [1.29, 1.82) is 0 Å². The van der Waals surface area contributed by atoms with Gasteiger partial charge in [0.2, 0.25) is 0 Å². The number of allylic oxidation sites excluding steroid dienone is 1. The van der Waals surface area contributed by atoms with Gasteiger partial charge in [0.1, 0.15) is 0 Å². The second-order valence-corrected chi connectivity index (χ2v) is 7.32. The molecule has 0 aromatic heterocycles. The monoisotopic (exact) mass is 326 g/mol. The number of benzene rings is 1. The van der Waals surface area contributed by atoms with Gasteiger partial charge in [-0.2, -0.15) is 0 Å². The molecular formula is C20H26N2O2. The summed E-state index contributed by atoms with van der Waals surface area (Å²) >= 11 is 0. The van der Waals surface area contributed by atoms with E-state index in [1.54, 1.807) is 0 Å². The van der Waals surface area contributed by atoms with Gasteiger partial charge in [0.15, 0.2) is 0 Å². The molecule has 1 aliphatic carbocycles. The predicted molar refractivity (Wildman–Crippen MR) is 94.7 cm³/mol. The molecule has 4 nitrogen and oxygen atoms in total. The first kappa shape index (κ1) is 15.9. The molecule has 1 aromatic carbocycles. The van der Waals surface area contributed by atoms with Crippen molar-refractivity contribution < 1.29 is 9.90 Å². The lowest BCUT2D eigenvalue weighted by molar-refractivity contribution is -0.124. The zero-order valence-electron chi connectivity index (χ0n) is 14.2. The Morgan fingerprint density at radius 3 is 2.50 bits per heavy atom. The Morgan fingerprint density at radius 1 is 1.08 bits per heavy atom. The van der Waals surface area contributed by atoms with Crippen molar-refractivity contribution in [2.24, 2.45) is 0 Å². The summed E-state index contributed by atoms with van der Waals surface area (Å²) < 4.78 is 0. The van der Waals surface area contributed by atoms with E-state index < -0.39 is 0 Å². The molecule has 4 heteroatoms.